The van der Waals surface area contributed by atoms with Crippen LogP contribution in [0.4, 0.5) is 17.3 Å². The van der Waals surface area contributed by atoms with Crippen molar-refractivity contribution in [1.29, 1.82) is 0 Å². The average molecular weight is 478 g/mol. The van der Waals surface area contributed by atoms with Crippen LogP contribution in [0.2, 0.25) is 0 Å². The van der Waals surface area contributed by atoms with Crippen LogP contribution in [0.15, 0.2) is 47.2 Å². The van der Waals surface area contributed by atoms with E-state index in [4.69, 9.17) is 15.0 Å². The van der Waals surface area contributed by atoms with E-state index in [2.05, 4.69) is 25.5 Å². The Balaban J connectivity index is 1.34. The first-order valence-corrected chi connectivity index (χ1v) is 10.7. The van der Waals surface area contributed by atoms with E-state index < -0.39 is 23.5 Å². The van der Waals surface area contributed by atoms with E-state index in [1.807, 2.05) is 0 Å². The summed E-state index contributed by atoms with van der Waals surface area (Å²) in [5.74, 6) is 0.256. The van der Waals surface area contributed by atoms with Crippen molar-refractivity contribution in [2.24, 2.45) is 0 Å². The van der Waals surface area contributed by atoms with Crippen molar-refractivity contribution in [3.8, 4) is 5.82 Å². The van der Waals surface area contributed by atoms with Crippen LogP contribution in [0.25, 0.3) is 16.8 Å². The molecule has 1 aliphatic rings. The summed E-state index contributed by atoms with van der Waals surface area (Å²) in [6.07, 6.45) is 1.82. The zero-order chi connectivity index (χ0) is 24.7. The van der Waals surface area contributed by atoms with Crippen molar-refractivity contribution in [2.45, 2.75) is 25.6 Å². The predicted octanol–water partition coefficient (Wildman–Crippen LogP) is 0.816. The van der Waals surface area contributed by atoms with Crippen LogP contribution in [0, 0.1) is 6.92 Å². The molecule has 0 spiro atoms. The van der Waals surface area contributed by atoms with Gasteiger partial charge in [-0.3, -0.25) is 14.5 Å². The number of nitrogens with one attached hydrogen (secondary N) is 1. The van der Waals surface area contributed by atoms with Crippen molar-refractivity contribution in [3.05, 3.63) is 48.5 Å². The van der Waals surface area contributed by atoms with E-state index in [1.54, 1.807) is 43.6 Å². The molecule has 0 saturated carbocycles. The number of hydrogen-bond donors (Lipinski definition) is 3. The zero-order valence-electron chi connectivity index (χ0n) is 18.9. The van der Waals surface area contributed by atoms with E-state index in [0.717, 1.165) is 0 Å². The maximum atomic E-state index is 13.3. The minimum atomic E-state index is -2.18. The van der Waals surface area contributed by atoms with Crippen LogP contribution in [-0.4, -0.2) is 66.7 Å². The van der Waals surface area contributed by atoms with Gasteiger partial charge < -0.3 is 25.4 Å². The summed E-state index contributed by atoms with van der Waals surface area (Å²) in [7, 11) is 0. The standard InChI is InChI=1S/C22H22N8O5/c1-12-24-7-5-16(25-12)30-8-6-17(27-30)29-9-10-34-18(20(29)31)22(2,33)21(32)26-13-3-4-14-15(11-13)35-28-19(14)23/h3-8,11,18,33H,9-10H2,1-2H3,(H2,23,28)(H,26,32)/t18-,22?/m0/s1. The number of benzene rings is 1. The molecule has 13 heteroatoms. The van der Waals surface area contributed by atoms with Gasteiger partial charge in [0.25, 0.3) is 11.8 Å². The number of nitrogens with two attached hydrogens (primary N) is 1. The molecule has 0 radical (unpaired) electrons. The summed E-state index contributed by atoms with van der Waals surface area (Å²) < 4.78 is 12.2. The fourth-order valence-corrected chi connectivity index (χ4v) is 3.78. The number of morpholine rings is 1. The van der Waals surface area contributed by atoms with Gasteiger partial charge in [0.1, 0.15) is 5.82 Å². The summed E-state index contributed by atoms with van der Waals surface area (Å²) in [6, 6.07) is 8.06. The lowest BCUT2D eigenvalue weighted by Gasteiger charge is -2.37. The summed E-state index contributed by atoms with van der Waals surface area (Å²) in [4.78, 5) is 36.0. The molecule has 1 aromatic carbocycles. The van der Waals surface area contributed by atoms with E-state index in [9.17, 15) is 14.7 Å². The normalized spacial score (nSPS) is 18.0. The van der Waals surface area contributed by atoms with Crippen molar-refractivity contribution < 1.29 is 24.0 Å². The number of hydrogen-bond acceptors (Lipinski definition) is 10. The molecule has 2 atom stereocenters. The maximum Gasteiger partial charge on any atom is 0.260 e. The summed E-state index contributed by atoms with van der Waals surface area (Å²) in [6.45, 7) is 3.29. The summed E-state index contributed by atoms with van der Waals surface area (Å²) in [5.41, 5.74) is 4.22. The van der Waals surface area contributed by atoms with Crippen LogP contribution in [0.5, 0.6) is 0 Å². The van der Waals surface area contributed by atoms with E-state index >= 15 is 0 Å². The Morgan fingerprint density at radius 1 is 1.29 bits per heavy atom. The maximum absolute atomic E-state index is 13.3. The molecular weight excluding hydrogens is 456 g/mol. The van der Waals surface area contributed by atoms with Gasteiger partial charge in [-0.25, -0.2) is 14.6 Å². The Bertz CT molecular complexity index is 1430. The van der Waals surface area contributed by atoms with Crippen molar-refractivity contribution in [2.75, 3.05) is 29.1 Å². The highest BCUT2D eigenvalue weighted by molar-refractivity contribution is 6.06. The zero-order valence-corrected chi connectivity index (χ0v) is 18.9. The molecule has 180 valence electrons. The molecule has 1 saturated heterocycles. The lowest BCUT2D eigenvalue weighted by molar-refractivity contribution is -0.165. The van der Waals surface area contributed by atoms with Gasteiger partial charge in [0, 0.05) is 36.3 Å². The first-order valence-electron chi connectivity index (χ1n) is 10.7. The SMILES string of the molecule is Cc1nccc(-n2ccc(N3CCO[C@H](C(C)(O)C(=O)Nc4ccc5c(N)noc5c4)C3=O)n2)n1. The molecule has 1 fully saturated rings. The van der Waals surface area contributed by atoms with Gasteiger partial charge in [0.15, 0.2) is 34.7 Å². The number of carbonyl (C=O) groups excluding carboxylic acids is 2. The third-order valence-electron chi connectivity index (χ3n) is 5.67. The topological polar surface area (TPSA) is 175 Å². The molecule has 13 nitrogen and oxygen atoms in total. The second-order valence-corrected chi connectivity index (χ2v) is 8.20. The molecule has 4 N–H and O–H groups in total. The highest BCUT2D eigenvalue weighted by atomic mass is 16.5. The van der Waals surface area contributed by atoms with Gasteiger partial charge in [-0.05, 0) is 26.0 Å². The first-order chi connectivity index (χ1) is 16.7. The first kappa shape index (κ1) is 22.4. The molecule has 5 rings (SSSR count). The lowest BCUT2D eigenvalue weighted by Crippen LogP contribution is -2.61. The number of aryl methyl sites for hydroxylation is 1. The summed E-state index contributed by atoms with van der Waals surface area (Å²) >= 11 is 0. The van der Waals surface area contributed by atoms with E-state index in [1.165, 1.54) is 22.6 Å². The van der Waals surface area contributed by atoms with Crippen LogP contribution in [0.3, 0.4) is 0 Å². The van der Waals surface area contributed by atoms with Crippen LogP contribution < -0.4 is 16.0 Å². The Hall–Kier alpha value is -4.36. The van der Waals surface area contributed by atoms with Gasteiger partial charge in [-0.1, -0.05) is 5.16 Å². The Morgan fingerprint density at radius 3 is 2.91 bits per heavy atom. The number of fused-ring (bicyclic) bond motifs is 1. The fourth-order valence-electron chi connectivity index (χ4n) is 3.78. The Kier molecular flexibility index (Phi) is 5.42. The third-order valence-corrected chi connectivity index (χ3v) is 5.67. The molecule has 0 bridgehead atoms. The second kappa shape index (κ2) is 8.45. The largest absolute Gasteiger partial charge is 0.380 e. The second-order valence-electron chi connectivity index (χ2n) is 8.20. The van der Waals surface area contributed by atoms with Gasteiger partial charge in [0.05, 0.1) is 18.5 Å². The highest BCUT2D eigenvalue weighted by Crippen LogP contribution is 2.27. The lowest BCUT2D eigenvalue weighted by atomic mass is 9.95. The minimum Gasteiger partial charge on any atom is -0.380 e. The smallest absolute Gasteiger partial charge is 0.260 e. The number of ether oxygens (including phenoxy) is 1. The molecule has 1 aliphatic heterocycles. The molecule has 1 unspecified atom stereocenters. The molecule has 4 aromatic rings. The van der Waals surface area contributed by atoms with Gasteiger partial charge in [0.2, 0.25) is 0 Å². The molecule has 3 aromatic heterocycles. The number of anilines is 3. The molecule has 2 amide bonds. The molecule has 35 heavy (non-hydrogen) atoms. The molecule has 0 aliphatic carbocycles. The number of nitrogens with zero attached hydrogens (tertiary/aromatic N) is 6. The van der Waals surface area contributed by atoms with Crippen molar-refractivity contribution >= 4 is 40.1 Å². The van der Waals surface area contributed by atoms with E-state index in [0.29, 0.717) is 34.1 Å². The fraction of sp³-hybridized carbons (Fsp3) is 0.273. The van der Waals surface area contributed by atoms with Crippen molar-refractivity contribution in [1.82, 2.24) is 24.9 Å². The quantitative estimate of drug-likeness (QED) is 0.372. The van der Waals surface area contributed by atoms with E-state index in [-0.39, 0.29) is 19.0 Å². The van der Waals surface area contributed by atoms with Gasteiger partial charge in [-0.15, -0.1) is 5.10 Å². The number of carbonyl (C=O) groups is 2. The highest BCUT2D eigenvalue weighted by Gasteiger charge is 2.48. The number of amides is 2. The number of aromatic nitrogens is 5. The number of rotatable bonds is 5. The monoisotopic (exact) mass is 478 g/mol. The Morgan fingerprint density at radius 2 is 2.11 bits per heavy atom. The third kappa shape index (κ3) is 4.06. The van der Waals surface area contributed by atoms with Crippen molar-refractivity contribution in [3.63, 3.8) is 0 Å². The molecule has 4 heterocycles. The van der Waals surface area contributed by atoms with Gasteiger partial charge >= 0.3 is 0 Å². The minimum absolute atomic E-state index is 0.0998. The molecular formula is C22H22N8O5. The number of aliphatic hydroxyl groups is 1. The average Bonchev–Trinajstić information content (AvgIpc) is 3.46. The van der Waals surface area contributed by atoms with Crippen LogP contribution >= 0.6 is 0 Å². The number of nitrogen functional groups attached to an aromatic ring is 1. The van der Waals surface area contributed by atoms with Crippen LogP contribution in [0.1, 0.15) is 12.7 Å². The van der Waals surface area contributed by atoms with Gasteiger partial charge in [-0.2, -0.15) is 0 Å². The van der Waals surface area contributed by atoms with Crippen LogP contribution in [-0.2, 0) is 14.3 Å². The summed E-state index contributed by atoms with van der Waals surface area (Å²) in [5, 5.41) is 22.3. The predicted molar refractivity (Wildman–Crippen MR) is 124 cm³/mol. The Labute approximate surface area is 198 Å².